The lowest BCUT2D eigenvalue weighted by molar-refractivity contribution is -0.136. The van der Waals surface area contributed by atoms with E-state index in [-0.39, 0.29) is 18.8 Å². The Kier molecular flexibility index (Phi) is 12.3. The standard InChI is InChI=1S/C32H34ClIN4O8/c1-5-44-25-13-19(29-28(31(40)43-4)18(2)36-32(41)37-29)10-11-24(25)45-17-27(39)38-35-15-21-12-22(34)14-26(42-3)30(21)46-16-20-8-6-7-9-23(20)33/h6-15,27,29,38-39H,5,16-17H2,1-4H3,(H2,36,37,41)/b35-15+/t27-,29+/m0/s1. The molecular formula is C32H34ClIN4O8. The monoisotopic (exact) mass is 764 g/mol. The van der Waals surface area contributed by atoms with Crippen LogP contribution in [0.2, 0.25) is 5.02 Å². The lowest BCUT2D eigenvalue weighted by atomic mass is 9.95. The van der Waals surface area contributed by atoms with E-state index in [1.54, 1.807) is 38.3 Å². The third-order valence-corrected chi connectivity index (χ3v) is 7.69. The van der Waals surface area contributed by atoms with Gasteiger partial charge in [-0.25, -0.2) is 9.59 Å². The van der Waals surface area contributed by atoms with Crippen LogP contribution in [0.3, 0.4) is 0 Å². The van der Waals surface area contributed by atoms with Crippen LogP contribution in [0.4, 0.5) is 4.79 Å². The fourth-order valence-corrected chi connectivity index (χ4v) is 5.38. The van der Waals surface area contributed by atoms with Crippen molar-refractivity contribution < 1.29 is 38.4 Å². The predicted molar refractivity (Wildman–Crippen MR) is 180 cm³/mol. The second-order valence-electron chi connectivity index (χ2n) is 9.82. The van der Waals surface area contributed by atoms with Crippen molar-refractivity contribution in [1.82, 2.24) is 16.1 Å². The molecule has 1 aliphatic heterocycles. The number of hydrazone groups is 1. The molecule has 3 aromatic rings. The van der Waals surface area contributed by atoms with Crippen LogP contribution in [0, 0.1) is 3.57 Å². The van der Waals surface area contributed by atoms with E-state index in [2.05, 4.69) is 43.8 Å². The van der Waals surface area contributed by atoms with Crippen molar-refractivity contribution in [2.45, 2.75) is 32.7 Å². The molecule has 14 heteroatoms. The number of benzene rings is 3. The third-order valence-electron chi connectivity index (χ3n) is 6.70. The number of methoxy groups -OCH3 is 2. The molecule has 2 atom stereocenters. The fraction of sp³-hybridized carbons (Fsp3) is 0.281. The maximum atomic E-state index is 12.5. The SMILES string of the molecule is CCOc1cc([C@H]2NC(=O)NC(C)=C2C(=O)OC)ccc1OC[C@H](O)N/N=C/c1cc(I)cc(OC)c1OCc1ccccc1Cl. The number of nitrogens with zero attached hydrogens (tertiary/aromatic N) is 1. The molecule has 0 saturated carbocycles. The molecule has 0 saturated heterocycles. The van der Waals surface area contributed by atoms with Crippen molar-refractivity contribution in [3.63, 3.8) is 0 Å². The van der Waals surface area contributed by atoms with E-state index < -0.39 is 24.3 Å². The normalized spacial score (nSPS) is 15.1. The average molecular weight is 765 g/mol. The Labute approximate surface area is 285 Å². The highest BCUT2D eigenvalue weighted by molar-refractivity contribution is 14.1. The van der Waals surface area contributed by atoms with Gasteiger partial charge in [-0.3, -0.25) is 5.43 Å². The summed E-state index contributed by atoms with van der Waals surface area (Å²) >= 11 is 8.46. The lowest BCUT2D eigenvalue weighted by Gasteiger charge is -2.28. The number of amides is 2. The zero-order chi connectivity index (χ0) is 33.2. The van der Waals surface area contributed by atoms with E-state index in [9.17, 15) is 14.7 Å². The summed E-state index contributed by atoms with van der Waals surface area (Å²) in [4.78, 5) is 24.7. The summed E-state index contributed by atoms with van der Waals surface area (Å²) in [5.74, 6) is 1.10. The van der Waals surface area contributed by atoms with E-state index >= 15 is 0 Å². The number of carbonyl (C=O) groups excluding carboxylic acids is 2. The summed E-state index contributed by atoms with van der Waals surface area (Å²) in [5, 5.41) is 20.7. The Balaban J connectivity index is 1.45. The first-order valence-corrected chi connectivity index (χ1v) is 15.6. The van der Waals surface area contributed by atoms with E-state index in [0.717, 1.165) is 9.13 Å². The predicted octanol–water partition coefficient (Wildman–Crippen LogP) is 5.05. The molecule has 4 N–H and O–H groups in total. The molecule has 4 rings (SSSR count). The molecule has 12 nitrogen and oxygen atoms in total. The Morgan fingerprint density at radius 2 is 1.89 bits per heavy atom. The van der Waals surface area contributed by atoms with Crippen LogP contribution >= 0.6 is 34.2 Å². The summed E-state index contributed by atoms with van der Waals surface area (Å²) in [6.45, 7) is 3.79. The molecule has 0 spiro atoms. The average Bonchev–Trinajstić information content (AvgIpc) is 3.03. The molecule has 3 aromatic carbocycles. The fourth-order valence-electron chi connectivity index (χ4n) is 4.57. The maximum Gasteiger partial charge on any atom is 0.337 e. The van der Waals surface area contributed by atoms with Crippen molar-refractivity contribution in [2.75, 3.05) is 27.4 Å². The van der Waals surface area contributed by atoms with Gasteiger partial charge in [-0.2, -0.15) is 5.10 Å². The molecule has 0 unspecified atom stereocenters. The lowest BCUT2D eigenvalue weighted by Crippen LogP contribution is -2.45. The molecule has 0 radical (unpaired) electrons. The molecule has 244 valence electrons. The number of aliphatic hydroxyl groups is 1. The summed E-state index contributed by atoms with van der Waals surface area (Å²) in [6, 6.07) is 14.9. The van der Waals surface area contributed by atoms with Crippen LogP contribution in [-0.2, 0) is 16.1 Å². The zero-order valence-corrected chi connectivity index (χ0v) is 28.5. The number of ether oxygens (including phenoxy) is 5. The maximum absolute atomic E-state index is 12.5. The molecule has 1 aliphatic rings. The van der Waals surface area contributed by atoms with Crippen molar-refractivity contribution in [1.29, 1.82) is 0 Å². The minimum atomic E-state index is -1.19. The quantitative estimate of drug-likeness (QED) is 0.0582. The molecular weight excluding hydrogens is 731 g/mol. The molecule has 0 aliphatic carbocycles. The number of hydrogen-bond acceptors (Lipinski definition) is 10. The number of carbonyl (C=O) groups is 2. The van der Waals surface area contributed by atoms with Crippen LogP contribution in [0.25, 0.3) is 0 Å². The van der Waals surface area contributed by atoms with Gasteiger partial charge < -0.3 is 39.4 Å². The van der Waals surface area contributed by atoms with Gasteiger partial charge in [-0.15, -0.1) is 0 Å². The highest BCUT2D eigenvalue weighted by Crippen LogP contribution is 2.36. The minimum absolute atomic E-state index is 0.182. The topological polar surface area (TPSA) is 149 Å². The highest BCUT2D eigenvalue weighted by Gasteiger charge is 2.32. The second-order valence-corrected chi connectivity index (χ2v) is 11.5. The van der Waals surface area contributed by atoms with Crippen LogP contribution in [0.1, 0.15) is 36.6 Å². The van der Waals surface area contributed by atoms with Gasteiger partial charge in [0, 0.05) is 25.4 Å². The molecule has 0 bridgehead atoms. The number of urea groups is 1. The van der Waals surface area contributed by atoms with Gasteiger partial charge in [-0.1, -0.05) is 35.9 Å². The Bertz CT molecular complexity index is 1630. The largest absolute Gasteiger partial charge is 0.493 e. The van der Waals surface area contributed by atoms with Crippen molar-refractivity contribution in [2.24, 2.45) is 5.10 Å². The van der Waals surface area contributed by atoms with Crippen molar-refractivity contribution in [3.05, 3.63) is 91.2 Å². The molecule has 0 fully saturated rings. The van der Waals surface area contributed by atoms with Crippen LogP contribution in [-0.4, -0.2) is 57.0 Å². The molecule has 0 aromatic heterocycles. The van der Waals surface area contributed by atoms with Gasteiger partial charge in [0.2, 0.25) is 0 Å². The van der Waals surface area contributed by atoms with Gasteiger partial charge >= 0.3 is 12.0 Å². The first-order valence-electron chi connectivity index (χ1n) is 14.1. The summed E-state index contributed by atoms with van der Waals surface area (Å²) in [7, 11) is 2.82. The number of rotatable bonds is 14. The second kappa shape index (κ2) is 16.4. The highest BCUT2D eigenvalue weighted by atomic mass is 127. The number of hydrogen-bond donors (Lipinski definition) is 4. The van der Waals surface area contributed by atoms with Crippen LogP contribution in [0.5, 0.6) is 23.0 Å². The van der Waals surface area contributed by atoms with E-state index in [1.165, 1.54) is 13.3 Å². The van der Waals surface area contributed by atoms with Gasteiger partial charge in [0.1, 0.15) is 13.2 Å². The van der Waals surface area contributed by atoms with E-state index in [4.69, 9.17) is 35.3 Å². The van der Waals surface area contributed by atoms with E-state index in [0.29, 0.717) is 51.5 Å². The number of esters is 1. The molecule has 46 heavy (non-hydrogen) atoms. The Hall–Kier alpha value is -4.21. The summed E-state index contributed by atoms with van der Waals surface area (Å²) in [5.41, 5.74) is 5.30. The Morgan fingerprint density at radius 1 is 1.11 bits per heavy atom. The van der Waals surface area contributed by atoms with Gasteiger partial charge in [-0.05, 0) is 72.3 Å². The molecule has 1 heterocycles. The molecule has 2 amide bonds. The summed E-state index contributed by atoms with van der Waals surface area (Å²) in [6.07, 6.45) is 0.320. The van der Waals surface area contributed by atoms with Crippen molar-refractivity contribution in [3.8, 4) is 23.0 Å². The van der Waals surface area contributed by atoms with Gasteiger partial charge in [0.25, 0.3) is 0 Å². The first-order chi connectivity index (χ1) is 22.1. The Morgan fingerprint density at radius 3 is 2.61 bits per heavy atom. The smallest absolute Gasteiger partial charge is 0.337 e. The number of aliphatic hydroxyl groups excluding tert-OH is 1. The summed E-state index contributed by atoms with van der Waals surface area (Å²) < 4.78 is 29.0. The third kappa shape index (κ3) is 8.73. The number of halogens is 2. The van der Waals surface area contributed by atoms with Gasteiger partial charge in [0.05, 0.1) is 38.7 Å². The van der Waals surface area contributed by atoms with Crippen LogP contribution in [0.15, 0.2) is 71.0 Å². The van der Waals surface area contributed by atoms with Crippen molar-refractivity contribution >= 4 is 52.4 Å². The van der Waals surface area contributed by atoms with Crippen LogP contribution < -0.4 is 35.0 Å². The number of allylic oxidation sites excluding steroid dienone is 1. The zero-order valence-electron chi connectivity index (χ0n) is 25.6. The first kappa shape index (κ1) is 34.7. The van der Waals surface area contributed by atoms with Gasteiger partial charge in [0.15, 0.2) is 29.2 Å². The minimum Gasteiger partial charge on any atom is -0.493 e. The number of nitrogens with one attached hydrogen (secondary N) is 3. The van der Waals surface area contributed by atoms with E-state index in [1.807, 2.05) is 37.3 Å².